The van der Waals surface area contributed by atoms with E-state index in [0.29, 0.717) is 18.7 Å². The monoisotopic (exact) mass is 441 g/mol. The molecule has 3 rings (SSSR count). The average molecular weight is 442 g/mol. The lowest BCUT2D eigenvalue weighted by Gasteiger charge is -2.29. The van der Waals surface area contributed by atoms with Gasteiger partial charge in [-0.05, 0) is 18.1 Å². The number of halogens is 1. The van der Waals surface area contributed by atoms with Crippen molar-refractivity contribution < 1.29 is 18.0 Å². The van der Waals surface area contributed by atoms with Crippen LogP contribution in [0.15, 0.2) is 33.8 Å². The molecule has 2 aliphatic rings. The number of sulfone groups is 1. The van der Waals surface area contributed by atoms with E-state index in [-0.39, 0.29) is 36.2 Å². The maximum atomic E-state index is 12.7. The van der Waals surface area contributed by atoms with Gasteiger partial charge in [-0.25, -0.2) is 13.4 Å². The summed E-state index contributed by atoms with van der Waals surface area (Å²) in [5.41, 5.74) is 1.26. The first-order chi connectivity index (χ1) is 12.3. The van der Waals surface area contributed by atoms with E-state index in [2.05, 4.69) is 21.0 Å². The number of hydrogen-bond acceptors (Lipinski definition) is 5. The van der Waals surface area contributed by atoms with Gasteiger partial charge in [0.1, 0.15) is 5.71 Å². The molecule has 1 fully saturated rings. The number of rotatable bonds is 4. The van der Waals surface area contributed by atoms with Gasteiger partial charge in [0.25, 0.3) is 5.91 Å². The Morgan fingerprint density at radius 2 is 2.08 bits per heavy atom. The lowest BCUT2D eigenvalue weighted by molar-refractivity contribution is -0.134. The van der Waals surface area contributed by atoms with Gasteiger partial charge in [0, 0.05) is 30.9 Å². The molecule has 9 heteroatoms. The molecule has 0 aliphatic carbocycles. The lowest BCUT2D eigenvalue weighted by atomic mass is 10.1. The minimum absolute atomic E-state index is 0.0577. The van der Waals surface area contributed by atoms with Crippen LogP contribution < -0.4 is 0 Å². The zero-order valence-electron chi connectivity index (χ0n) is 14.4. The van der Waals surface area contributed by atoms with Crippen LogP contribution in [0.25, 0.3) is 0 Å². The molecule has 1 aromatic rings. The smallest absolute Gasteiger partial charge is 0.270 e. The number of benzene rings is 1. The Morgan fingerprint density at radius 1 is 1.35 bits per heavy atom. The summed E-state index contributed by atoms with van der Waals surface area (Å²) in [5.74, 6) is -0.505. The van der Waals surface area contributed by atoms with Crippen LogP contribution in [-0.2, 0) is 26.0 Å². The van der Waals surface area contributed by atoms with Crippen molar-refractivity contribution in [2.24, 2.45) is 5.10 Å². The van der Waals surface area contributed by atoms with Crippen molar-refractivity contribution in [3.05, 3.63) is 34.3 Å². The molecule has 1 atom stereocenters. The van der Waals surface area contributed by atoms with Crippen LogP contribution in [0.3, 0.4) is 0 Å². The van der Waals surface area contributed by atoms with E-state index in [1.54, 1.807) is 11.9 Å². The Bertz CT molecular complexity index is 869. The van der Waals surface area contributed by atoms with Crippen LogP contribution in [0.2, 0.25) is 0 Å². The first-order valence-electron chi connectivity index (χ1n) is 8.35. The third-order valence-electron chi connectivity index (χ3n) is 4.57. The van der Waals surface area contributed by atoms with E-state index < -0.39 is 15.9 Å². The van der Waals surface area contributed by atoms with E-state index in [1.165, 1.54) is 5.01 Å². The Balaban J connectivity index is 1.75. The second-order valence-electron chi connectivity index (χ2n) is 6.59. The molecular weight excluding hydrogens is 422 g/mol. The first-order valence-corrected chi connectivity index (χ1v) is 11.0. The Hall–Kier alpha value is -1.74. The van der Waals surface area contributed by atoms with Crippen LogP contribution in [0.4, 0.5) is 0 Å². The second kappa shape index (κ2) is 7.48. The summed E-state index contributed by atoms with van der Waals surface area (Å²) >= 11 is 3.46. The first kappa shape index (κ1) is 19.0. The zero-order chi connectivity index (χ0) is 18.9. The number of carbonyl (C=O) groups excluding carboxylic acids is 2. The topological polar surface area (TPSA) is 87.1 Å². The van der Waals surface area contributed by atoms with Crippen LogP contribution in [0, 0.1) is 0 Å². The van der Waals surface area contributed by atoms with Gasteiger partial charge < -0.3 is 4.90 Å². The summed E-state index contributed by atoms with van der Waals surface area (Å²) in [6.07, 6.45) is 0.809. The normalized spacial score (nSPS) is 22.2. The van der Waals surface area contributed by atoms with Gasteiger partial charge in [-0.2, -0.15) is 5.10 Å². The van der Waals surface area contributed by atoms with Gasteiger partial charge >= 0.3 is 0 Å². The van der Waals surface area contributed by atoms with Crippen LogP contribution >= 0.6 is 15.9 Å². The minimum Gasteiger partial charge on any atom is -0.336 e. The summed E-state index contributed by atoms with van der Waals surface area (Å²) in [4.78, 5) is 26.4. The zero-order valence-corrected chi connectivity index (χ0v) is 16.8. The number of nitrogens with zero attached hydrogens (tertiary/aromatic N) is 3. The van der Waals surface area contributed by atoms with Crippen LogP contribution in [-0.4, -0.2) is 60.4 Å². The largest absolute Gasteiger partial charge is 0.336 e. The Labute approximate surface area is 161 Å². The van der Waals surface area contributed by atoms with E-state index in [1.807, 2.05) is 24.3 Å². The molecule has 2 amide bonds. The van der Waals surface area contributed by atoms with E-state index in [0.717, 1.165) is 10.0 Å². The molecule has 26 heavy (non-hydrogen) atoms. The van der Waals surface area contributed by atoms with Gasteiger partial charge in [-0.15, -0.1) is 0 Å². The van der Waals surface area contributed by atoms with Gasteiger partial charge in [-0.3, -0.25) is 9.59 Å². The number of amides is 2. The van der Waals surface area contributed by atoms with E-state index in [9.17, 15) is 18.0 Å². The standard InChI is InChI=1S/C17H20BrN3O4S/c1-20(10-12-4-2-3-5-14(12)18)17(23)15-6-7-16(22)21(19-15)13-8-9-26(24,25)11-13/h2-5,13H,6-11H2,1H3. The fourth-order valence-electron chi connectivity index (χ4n) is 3.15. The fraction of sp³-hybridized carbons (Fsp3) is 0.471. The van der Waals surface area contributed by atoms with Gasteiger partial charge in [0.15, 0.2) is 9.84 Å². The van der Waals surface area contributed by atoms with Crippen molar-refractivity contribution >= 4 is 43.3 Å². The maximum Gasteiger partial charge on any atom is 0.270 e. The minimum atomic E-state index is -3.13. The van der Waals surface area contributed by atoms with Crippen molar-refractivity contribution in [1.82, 2.24) is 9.91 Å². The third-order valence-corrected chi connectivity index (χ3v) is 7.10. The molecule has 0 spiro atoms. The summed E-state index contributed by atoms with van der Waals surface area (Å²) in [7, 11) is -1.45. The Kier molecular flexibility index (Phi) is 5.47. The van der Waals surface area contributed by atoms with Crippen molar-refractivity contribution in [3.8, 4) is 0 Å². The third kappa shape index (κ3) is 4.15. The summed E-state index contributed by atoms with van der Waals surface area (Å²) in [6, 6.07) is 7.17. The average Bonchev–Trinajstić information content (AvgIpc) is 2.96. The molecule has 0 radical (unpaired) electrons. The number of hydrogen-bond donors (Lipinski definition) is 0. The molecule has 0 bridgehead atoms. The SMILES string of the molecule is CN(Cc1ccccc1Br)C(=O)C1=NN(C2CCS(=O)(=O)C2)C(=O)CC1. The van der Waals surface area contributed by atoms with Crippen molar-refractivity contribution in [1.29, 1.82) is 0 Å². The summed E-state index contributed by atoms with van der Waals surface area (Å²) in [6.45, 7) is 0.408. The molecule has 0 N–H and O–H groups in total. The van der Waals surface area contributed by atoms with Crippen molar-refractivity contribution in [2.75, 3.05) is 18.6 Å². The molecule has 0 saturated carbocycles. The summed E-state index contributed by atoms with van der Waals surface area (Å²) < 4.78 is 24.3. The molecule has 7 nitrogen and oxygen atoms in total. The van der Waals surface area contributed by atoms with Crippen molar-refractivity contribution in [3.63, 3.8) is 0 Å². The highest BCUT2D eigenvalue weighted by molar-refractivity contribution is 9.10. The number of hydrazone groups is 1. The lowest BCUT2D eigenvalue weighted by Crippen LogP contribution is -2.44. The van der Waals surface area contributed by atoms with Gasteiger partial charge in [-0.1, -0.05) is 34.1 Å². The maximum absolute atomic E-state index is 12.7. The predicted molar refractivity (Wildman–Crippen MR) is 101 cm³/mol. The van der Waals surface area contributed by atoms with Crippen LogP contribution in [0.1, 0.15) is 24.8 Å². The van der Waals surface area contributed by atoms with Crippen molar-refractivity contribution in [2.45, 2.75) is 31.8 Å². The second-order valence-corrected chi connectivity index (χ2v) is 9.68. The summed E-state index contributed by atoms with van der Waals surface area (Å²) in [5, 5.41) is 5.44. The quantitative estimate of drug-likeness (QED) is 0.709. The molecule has 0 aromatic heterocycles. The molecule has 140 valence electrons. The molecule has 1 saturated heterocycles. The molecule has 1 unspecified atom stereocenters. The highest BCUT2D eigenvalue weighted by atomic mass is 79.9. The highest BCUT2D eigenvalue weighted by Gasteiger charge is 2.37. The molecule has 2 heterocycles. The molecular formula is C17H20BrN3O4S. The van der Waals surface area contributed by atoms with Gasteiger partial charge in [0.2, 0.25) is 5.91 Å². The van der Waals surface area contributed by atoms with E-state index >= 15 is 0 Å². The predicted octanol–water partition coefficient (Wildman–Crippen LogP) is 1.57. The van der Waals surface area contributed by atoms with E-state index in [4.69, 9.17) is 0 Å². The molecule has 1 aromatic carbocycles. The van der Waals surface area contributed by atoms with Crippen LogP contribution in [0.5, 0.6) is 0 Å². The highest BCUT2D eigenvalue weighted by Crippen LogP contribution is 2.23. The van der Waals surface area contributed by atoms with Gasteiger partial charge in [0.05, 0.1) is 17.5 Å². The fourth-order valence-corrected chi connectivity index (χ4v) is 5.26. The number of carbonyl (C=O) groups is 2. The molecule has 2 aliphatic heterocycles. The Morgan fingerprint density at radius 3 is 2.73 bits per heavy atom.